The van der Waals surface area contributed by atoms with Gasteiger partial charge in [0.05, 0.1) is 19.3 Å². The van der Waals surface area contributed by atoms with Gasteiger partial charge in [0.1, 0.15) is 6.10 Å². The maximum absolute atomic E-state index is 12.9. The largest absolute Gasteiger partial charge is 0.466 e. The van der Waals surface area contributed by atoms with Gasteiger partial charge in [-0.05, 0) is 78.3 Å². The third kappa shape index (κ3) is 31.8. The number of carbonyl (C=O) groups excluding carboxylic acids is 2. The van der Waals surface area contributed by atoms with Gasteiger partial charge in [-0.25, -0.2) is 0 Å². The third-order valence-corrected chi connectivity index (χ3v) is 11.8. The van der Waals surface area contributed by atoms with E-state index in [4.69, 9.17) is 18.9 Å². The first-order chi connectivity index (χ1) is 27.3. The summed E-state index contributed by atoms with van der Waals surface area (Å²) in [6.45, 7) is 9.01. The van der Waals surface area contributed by atoms with Crippen molar-refractivity contribution in [2.75, 3.05) is 33.9 Å². The highest BCUT2D eigenvalue weighted by molar-refractivity contribution is 5.69. The van der Waals surface area contributed by atoms with Crippen LogP contribution in [0.5, 0.6) is 0 Å². The van der Waals surface area contributed by atoms with Gasteiger partial charge in [-0.15, -0.1) is 0 Å². The molecule has 7 heteroatoms. The minimum atomic E-state index is -0.502. The summed E-state index contributed by atoms with van der Waals surface area (Å²) >= 11 is 0. The van der Waals surface area contributed by atoms with Crippen molar-refractivity contribution in [1.29, 1.82) is 0 Å². The molecular formula is C49H95NO6. The Bertz CT molecular complexity index is 867. The van der Waals surface area contributed by atoms with Crippen LogP contribution in [-0.4, -0.2) is 68.7 Å². The Morgan fingerprint density at radius 1 is 0.571 bits per heavy atom. The van der Waals surface area contributed by atoms with Crippen LogP contribution in [0.1, 0.15) is 252 Å². The lowest BCUT2D eigenvalue weighted by Gasteiger charge is -2.28. The Labute approximate surface area is 348 Å². The van der Waals surface area contributed by atoms with Gasteiger partial charge >= 0.3 is 11.9 Å². The SMILES string of the molecule is CCCCCCCCCCCOC(=O)CCCCCC1(CCCCCCCC(=O)OC(CCCCCCCC)CCCCCCCC)OC[C@@H](CCN(C)C)O1. The lowest BCUT2D eigenvalue weighted by atomic mass is 9.99. The summed E-state index contributed by atoms with van der Waals surface area (Å²) in [7, 11) is 4.21. The maximum atomic E-state index is 12.9. The van der Waals surface area contributed by atoms with E-state index >= 15 is 0 Å². The lowest BCUT2D eigenvalue weighted by Crippen LogP contribution is -2.31. The number of hydrogen-bond acceptors (Lipinski definition) is 7. The van der Waals surface area contributed by atoms with Gasteiger partial charge in [-0.1, -0.05) is 162 Å². The Morgan fingerprint density at radius 2 is 1.00 bits per heavy atom. The molecule has 1 unspecified atom stereocenters. The van der Waals surface area contributed by atoms with Gasteiger partial charge in [0, 0.05) is 32.2 Å². The number of carbonyl (C=O) groups is 2. The molecule has 56 heavy (non-hydrogen) atoms. The summed E-state index contributed by atoms with van der Waals surface area (Å²) in [6, 6.07) is 0. The quantitative estimate of drug-likeness (QED) is 0.0450. The first kappa shape index (κ1) is 52.8. The molecule has 0 aromatic heterocycles. The zero-order valence-electron chi connectivity index (χ0n) is 38.1. The molecular weight excluding hydrogens is 699 g/mol. The van der Waals surface area contributed by atoms with Crippen molar-refractivity contribution in [3.8, 4) is 0 Å². The standard InChI is InChI=1S/C49H95NO6/c1-6-9-12-15-18-19-20-26-34-43-53-47(51)37-31-27-33-41-49(54-44-46(56-49)39-42-50(4)5)40-32-25-21-24-30-38-48(52)55-45(35-28-22-16-13-10-7-2)36-29-23-17-14-11-8-3/h45-46H,6-44H2,1-5H3/t46-,49?/m1/s1. The smallest absolute Gasteiger partial charge is 0.306 e. The van der Waals surface area contributed by atoms with Gasteiger partial charge in [-0.3, -0.25) is 9.59 Å². The monoisotopic (exact) mass is 794 g/mol. The van der Waals surface area contributed by atoms with Gasteiger partial charge in [-0.2, -0.15) is 0 Å². The molecule has 0 amide bonds. The molecule has 1 fully saturated rings. The van der Waals surface area contributed by atoms with Crippen molar-refractivity contribution in [2.45, 2.75) is 270 Å². The van der Waals surface area contributed by atoms with Crippen LogP contribution >= 0.6 is 0 Å². The Balaban J connectivity index is 2.33. The molecule has 0 aromatic carbocycles. The molecule has 1 rings (SSSR count). The van der Waals surface area contributed by atoms with Crippen molar-refractivity contribution in [2.24, 2.45) is 0 Å². The van der Waals surface area contributed by atoms with E-state index in [0.717, 1.165) is 103 Å². The molecule has 1 aliphatic rings. The normalized spacial score (nSPS) is 17.0. The van der Waals surface area contributed by atoms with E-state index in [-0.39, 0.29) is 24.1 Å². The first-order valence-electron chi connectivity index (χ1n) is 24.7. The predicted octanol–water partition coefficient (Wildman–Crippen LogP) is 14.2. The van der Waals surface area contributed by atoms with Gasteiger partial charge in [0.15, 0.2) is 5.79 Å². The van der Waals surface area contributed by atoms with Crippen molar-refractivity contribution < 1.29 is 28.5 Å². The molecule has 1 saturated heterocycles. The van der Waals surface area contributed by atoms with E-state index in [1.165, 1.54) is 122 Å². The summed E-state index contributed by atoms with van der Waals surface area (Å²) in [5.74, 6) is -0.543. The number of nitrogens with zero attached hydrogens (tertiary/aromatic N) is 1. The van der Waals surface area contributed by atoms with E-state index in [0.29, 0.717) is 26.1 Å². The van der Waals surface area contributed by atoms with Crippen molar-refractivity contribution >= 4 is 11.9 Å². The fraction of sp³-hybridized carbons (Fsp3) is 0.959. The molecule has 0 aliphatic carbocycles. The summed E-state index contributed by atoms with van der Waals surface area (Å²) in [4.78, 5) is 27.4. The van der Waals surface area contributed by atoms with E-state index in [1.54, 1.807) is 0 Å². The zero-order chi connectivity index (χ0) is 40.8. The van der Waals surface area contributed by atoms with Crippen molar-refractivity contribution in [3.63, 3.8) is 0 Å². The molecule has 0 saturated carbocycles. The summed E-state index contributed by atoms with van der Waals surface area (Å²) < 4.78 is 24.7. The summed E-state index contributed by atoms with van der Waals surface area (Å²) in [5, 5.41) is 0. The van der Waals surface area contributed by atoms with E-state index in [2.05, 4.69) is 39.8 Å². The fourth-order valence-electron chi connectivity index (χ4n) is 8.07. The average molecular weight is 794 g/mol. The van der Waals surface area contributed by atoms with Crippen LogP contribution in [-0.2, 0) is 28.5 Å². The number of rotatable bonds is 42. The minimum Gasteiger partial charge on any atom is -0.466 e. The molecule has 2 atom stereocenters. The number of ether oxygens (including phenoxy) is 4. The fourth-order valence-corrected chi connectivity index (χ4v) is 8.07. The topological polar surface area (TPSA) is 74.3 Å². The Kier molecular flexibility index (Phi) is 35.9. The molecule has 0 radical (unpaired) electrons. The maximum Gasteiger partial charge on any atom is 0.306 e. The second kappa shape index (κ2) is 38.0. The van der Waals surface area contributed by atoms with Crippen LogP contribution < -0.4 is 0 Å². The molecule has 7 nitrogen and oxygen atoms in total. The molecule has 332 valence electrons. The highest BCUT2D eigenvalue weighted by Gasteiger charge is 2.40. The number of hydrogen-bond donors (Lipinski definition) is 0. The summed E-state index contributed by atoms with van der Waals surface area (Å²) in [6.07, 6.45) is 41.0. The predicted molar refractivity (Wildman–Crippen MR) is 236 cm³/mol. The van der Waals surface area contributed by atoms with E-state index in [1.807, 2.05) is 0 Å². The minimum absolute atomic E-state index is 0.00880. The van der Waals surface area contributed by atoms with Crippen LogP contribution in [0, 0.1) is 0 Å². The van der Waals surface area contributed by atoms with Gasteiger partial charge in [0.2, 0.25) is 0 Å². The molecule has 0 N–H and O–H groups in total. The second-order valence-corrected chi connectivity index (χ2v) is 17.7. The van der Waals surface area contributed by atoms with Crippen LogP contribution in [0.2, 0.25) is 0 Å². The number of unbranched alkanes of at least 4 members (excludes halogenated alkanes) is 24. The van der Waals surface area contributed by atoms with Crippen molar-refractivity contribution in [3.05, 3.63) is 0 Å². The van der Waals surface area contributed by atoms with Gasteiger partial charge in [0.25, 0.3) is 0 Å². The van der Waals surface area contributed by atoms with E-state index < -0.39 is 5.79 Å². The van der Waals surface area contributed by atoms with Crippen LogP contribution in [0.15, 0.2) is 0 Å². The Morgan fingerprint density at radius 3 is 1.52 bits per heavy atom. The molecule has 0 aromatic rings. The number of esters is 2. The van der Waals surface area contributed by atoms with Gasteiger partial charge < -0.3 is 23.8 Å². The molecule has 1 heterocycles. The second-order valence-electron chi connectivity index (χ2n) is 17.7. The molecule has 0 spiro atoms. The Hall–Kier alpha value is -1.18. The zero-order valence-corrected chi connectivity index (χ0v) is 38.1. The van der Waals surface area contributed by atoms with E-state index in [9.17, 15) is 9.59 Å². The molecule has 1 aliphatic heterocycles. The summed E-state index contributed by atoms with van der Waals surface area (Å²) in [5.41, 5.74) is 0. The highest BCUT2D eigenvalue weighted by atomic mass is 16.7. The lowest BCUT2D eigenvalue weighted by molar-refractivity contribution is -0.180. The third-order valence-electron chi connectivity index (χ3n) is 11.8. The average Bonchev–Trinajstić information content (AvgIpc) is 3.59. The van der Waals surface area contributed by atoms with Crippen LogP contribution in [0.3, 0.4) is 0 Å². The molecule has 0 bridgehead atoms. The highest BCUT2D eigenvalue weighted by Crippen LogP contribution is 2.35. The van der Waals surface area contributed by atoms with Crippen LogP contribution in [0.25, 0.3) is 0 Å². The van der Waals surface area contributed by atoms with Crippen molar-refractivity contribution in [1.82, 2.24) is 4.90 Å². The van der Waals surface area contributed by atoms with Crippen LogP contribution in [0.4, 0.5) is 0 Å². The first-order valence-corrected chi connectivity index (χ1v) is 24.7.